The van der Waals surface area contributed by atoms with Crippen LogP contribution in [0.4, 0.5) is 10.7 Å². The molecule has 14 heteroatoms. The van der Waals surface area contributed by atoms with Gasteiger partial charge in [0.2, 0.25) is 11.8 Å². The summed E-state index contributed by atoms with van der Waals surface area (Å²) in [5, 5.41) is 26.2. The first-order chi connectivity index (χ1) is 20.8. The fourth-order valence-electron chi connectivity index (χ4n) is 4.72. The first-order valence-corrected chi connectivity index (χ1v) is 15.4. The summed E-state index contributed by atoms with van der Waals surface area (Å²) in [5.74, 6) is -0.653. The number of nitro benzene ring substituents is 1. The van der Waals surface area contributed by atoms with Gasteiger partial charge < -0.3 is 15.4 Å². The van der Waals surface area contributed by atoms with Gasteiger partial charge in [-0.15, -0.1) is 21.5 Å². The summed E-state index contributed by atoms with van der Waals surface area (Å²) >= 11 is 2.51. The summed E-state index contributed by atoms with van der Waals surface area (Å²) in [6.45, 7) is 2.02. The molecule has 0 atom stereocenters. The molecule has 2 heterocycles. The number of hydrogen-bond acceptors (Lipinski definition) is 10. The van der Waals surface area contributed by atoms with E-state index >= 15 is 0 Å². The van der Waals surface area contributed by atoms with E-state index in [2.05, 4.69) is 20.8 Å². The van der Waals surface area contributed by atoms with Crippen molar-refractivity contribution in [1.29, 1.82) is 0 Å². The number of thioether (sulfide) groups is 1. The van der Waals surface area contributed by atoms with Gasteiger partial charge >= 0.3 is 5.97 Å². The van der Waals surface area contributed by atoms with Crippen LogP contribution >= 0.6 is 23.1 Å². The van der Waals surface area contributed by atoms with Crippen LogP contribution in [0.3, 0.4) is 0 Å². The van der Waals surface area contributed by atoms with Gasteiger partial charge in [0, 0.05) is 22.7 Å². The third-order valence-electron chi connectivity index (χ3n) is 6.66. The molecule has 0 fully saturated rings. The molecule has 2 aromatic heterocycles. The van der Waals surface area contributed by atoms with E-state index in [1.54, 1.807) is 23.6 Å². The topological polar surface area (TPSA) is 158 Å². The number of carbonyl (C=O) groups is 3. The average molecular weight is 621 g/mol. The van der Waals surface area contributed by atoms with Gasteiger partial charge in [-0.2, -0.15) is 0 Å². The smallest absolute Gasteiger partial charge is 0.341 e. The number of nitrogens with one attached hydrogen (secondary N) is 2. The molecule has 2 N–H and O–H groups in total. The van der Waals surface area contributed by atoms with E-state index in [0.29, 0.717) is 27.2 Å². The van der Waals surface area contributed by atoms with Crippen LogP contribution in [0.1, 0.15) is 45.5 Å². The summed E-state index contributed by atoms with van der Waals surface area (Å²) in [5.41, 5.74) is 2.69. The van der Waals surface area contributed by atoms with E-state index in [1.165, 1.54) is 23.5 Å². The molecular formula is C29H28N6O6S2. The van der Waals surface area contributed by atoms with Gasteiger partial charge in [0.1, 0.15) is 5.00 Å². The van der Waals surface area contributed by atoms with Crippen LogP contribution in [-0.4, -0.2) is 49.8 Å². The van der Waals surface area contributed by atoms with Gasteiger partial charge in [-0.1, -0.05) is 42.1 Å². The van der Waals surface area contributed by atoms with Crippen LogP contribution in [0.15, 0.2) is 59.8 Å². The van der Waals surface area contributed by atoms with E-state index in [1.807, 2.05) is 30.3 Å². The minimum atomic E-state index is -0.494. The van der Waals surface area contributed by atoms with Crippen LogP contribution in [0.5, 0.6) is 0 Å². The number of esters is 1. The Labute approximate surface area is 255 Å². The first-order valence-electron chi connectivity index (χ1n) is 13.6. The molecule has 1 aliphatic carbocycles. The molecule has 222 valence electrons. The number of ether oxygens (including phenoxy) is 1. The zero-order valence-electron chi connectivity index (χ0n) is 23.2. The maximum Gasteiger partial charge on any atom is 0.341 e. The van der Waals surface area contributed by atoms with Crippen LogP contribution in [0.25, 0.3) is 5.69 Å². The van der Waals surface area contributed by atoms with E-state index < -0.39 is 10.9 Å². The fraction of sp³-hybridized carbons (Fsp3) is 0.276. The SMILES string of the molecule is CCOC(=O)c1c(NC(=O)CSc2nnc(CNC(=O)Cc3ccccc3)n2-c2ccc([N+](=O)[O-])cc2)sc2c1CCC2. The summed E-state index contributed by atoms with van der Waals surface area (Å²) < 4.78 is 6.89. The number of benzene rings is 2. The Balaban J connectivity index is 1.32. The highest BCUT2D eigenvalue weighted by Gasteiger charge is 2.28. The molecular weight excluding hydrogens is 592 g/mol. The zero-order chi connectivity index (χ0) is 30.3. The molecule has 0 aliphatic heterocycles. The number of nitrogens with zero attached hydrogens (tertiary/aromatic N) is 4. The van der Waals surface area contributed by atoms with Gasteiger partial charge in [0.05, 0.1) is 35.8 Å². The number of rotatable bonds is 12. The first kappa shape index (κ1) is 29.9. The number of fused-ring (bicyclic) bond motifs is 1. The minimum absolute atomic E-state index is 0.0453. The zero-order valence-corrected chi connectivity index (χ0v) is 24.8. The Morgan fingerprint density at radius 3 is 2.56 bits per heavy atom. The van der Waals surface area contributed by atoms with Crippen LogP contribution < -0.4 is 10.6 Å². The summed E-state index contributed by atoms with van der Waals surface area (Å²) in [6, 6.07) is 15.1. The second kappa shape index (κ2) is 13.6. The molecule has 0 bridgehead atoms. The number of non-ortho nitro benzene ring substituents is 1. The van der Waals surface area contributed by atoms with E-state index in [9.17, 15) is 24.5 Å². The summed E-state index contributed by atoms with van der Waals surface area (Å²) in [6.07, 6.45) is 2.78. The average Bonchev–Trinajstić information content (AvgIpc) is 3.70. The van der Waals surface area contributed by atoms with Crippen molar-refractivity contribution in [2.75, 3.05) is 17.7 Å². The molecule has 4 aromatic rings. The lowest BCUT2D eigenvalue weighted by molar-refractivity contribution is -0.384. The lowest BCUT2D eigenvalue weighted by Crippen LogP contribution is -2.26. The minimum Gasteiger partial charge on any atom is -0.462 e. The van der Waals surface area contributed by atoms with Gasteiger partial charge in [-0.05, 0) is 49.4 Å². The number of hydrogen-bond donors (Lipinski definition) is 2. The van der Waals surface area contributed by atoms with Crippen molar-refractivity contribution in [1.82, 2.24) is 20.1 Å². The molecule has 0 saturated carbocycles. The Morgan fingerprint density at radius 1 is 1.07 bits per heavy atom. The lowest BCUT2D eigenvalue weighted by atomic mass is 10.1. The Kier molecular flexibility index (Phi) is 9.47. The normalized spacial score (nSPS) is 12.0. The highest BCUT2D eigenvalue weighted by Crippen LogP contribution is 2.39. The standard InChI is InChI=1S/C29H28N6O6S2/c1-2-41-28(38)26-21-9-6-10-22(21)43-27(26)31-25(37)17-42-29-33-32-23(16-30-24(36)15-18-7-4-3-5-8-18)34(29)19-11-13-20(14-12-19)35(39)40/h3-5,7-8,11-14H,2,6,9-10,15-17H2,1H3,(H,30,36)(H,31,37). The molecule has 0 saturated heterocycles. The highest BCUT2D eigenvalue weighted by molar-refractivity contribution is 7.99. The number of aryl methyl sites for hydroxylation is 1. The number of thiophene rings is 1. The predicted octanol–water partition coefficient (Wildman–Crippen LogP) is 4.49. The van der Waals surface area contributed by atoms with Crippen molar-refractivity contribution >= 4 is 51.6 Å². The van der Waals surface area contributed by atoms with Crippen LogP contribution in [-0.2, 0) is 40.1 Å². The molecule has 0 unspecified atom stereocenters. The van der Waals surface area contributed by atoms with E-state index in [-0.39, 0.29) is 42.8 Å². The van der Waals surface area contributed by atoms with Crippen molar-refractivity contribution in [2.45, 2.75) is 44.3 Å². The monoisotopic (exact) mass is 620 g/mol. The highest BCUT2D eigenvalue weighted by atomic mass is 32.2. The molecule has 0 radical (unpaired) electrons. The van der Waals surface area contributed by atoms with Crippen LogP contribution in [0, 0.1) is 10.1 Å². The predicted molar refractivity (Wildman–Crippen MR) is 162 cm³/mol. The number of amides is 2. The van der Waals surface area contributed by atoms with E-state index in [4.69, 9.17) is 4.74 Å². The van der Waals surface area contributed by atoms with Gasteiger partial charge in [0.25, 0.3) is 5.69 Å². The van der Waals surface area contributed by atoms with Crippen molar-refractivity contribution in [3.63, 3.8) is 0 Å². The van der Waals surface area contributed by atoms with Crippen molar-refractivity contribution < 1.29 is 24.0 Å². The van der Waals surface area contributed by atoms with Gasteiger partial charge in [-0.25, -0.2) is 4.79 Å². The third kappa shape index (κ3) is 7.09. The largest absolute Gasteiger partial charge is 0.462 e. The quantitative estimate of drug-likeness (QED) is 0.101. The summed E-state index contributed by atoms with van der Waals surface area (Å²) in [7, 11) is 0. The molecule has 43 heavy (non-hydrogen) atoms. The number of nitro groups is 1. The molecule has 2 amide bonds. The fourth-order valence-corrected chi connectivity index (χ4v) is 6.78. The Hall–Kier alpha value is -4.56. The maximum absolute atomic E-state index is 13.0. The number of carbonyl (C=O) groups excluding carboxylic acids is 3. The third-order valence-corrected chi connectivity index (χ3v) is 8.79. The molecule has 12 nitrogen and oxygen atoms in total. The lowest BCUT2D eigenvalue weighted by Gasteiger charge is -2.11. The summed E-state index contributed by atoms with van der Waals surface area (Å²) in [4.78, 5) is 50.1. The van der Waals surface area contributed by atoms with E-state index in [0.717, 1.165) is 47.0 Å². The van der Waals surface area contributed by atoms with Crippen molar-refractivity contribution in [2.24, 2.45) is 0 Å². The van der Waals surface area contributed by atoms with Crippen LogP contribution in [0.2, 0.25) is 0 Å². The number of aromatic nitrogens is 3. The van der Waals surface area contributed by atoms with Gasteiger partial charge in [0.15, 0.2) is 11.0 Å². The van der Waals surface area contributed by atoms with Crippen molar-refractivity contribution in [3.05, 3.63) is 92.1 Å². The number of anilines is 1. The second-order valence-corrected chi connectivity index (χ2v) is 11.6. The maximum atomic E-state index is 13.0. The molecule has 5 rings (SSSR count). The molecule has 0 spiro atoms. The van der Waals surface area contributed by atoms with Gasteiger partial charge in [-0.3, -0.25) is 24.3 Å². The van der Waals surface area contributed by atoms with Crippen molar-refractivity contribution in [3.8, 4) is 5.69 Å². The Morgan fingerprint density at radius 2 is 1.84 bits per heavy atom. The second-order valence-electron chi connectivity index (χ2n) is 9.57. The molecule has 2 aromatic carbocycles. The Bertz CT molecular complexity index is 1650. The molecule has 1 aliphatic rings.